The molecule has 1 heterocycles. The minimum atomic E-state index is -1.09. The third-order valence-electron chi connectivity index (χ3n) is 2.20. The van der Waals surface area contributed by atoms with Crippen LogP contribution in [-0.4, -0.2) is 28.2 Å². The molecule has 0 aromatic carbocycles. The second kappa shape index (κ2) is 3.24. The SMILES string of the molecule is CC(P)(C1COC(O)C1)[N+](=O)[O-]. The van der Waals surface area contributed by atoms with E-state index in [2.05, 4.69) is 9.24 Å². The van der Waals surface area contributed by atoms with Gasteiger partial charge in [-0.1, -0.05) is 9.24 Å². The predicted molar refractivity (Wildman–Crippen MR) is 45.2 cm³/mol. The van der Waals surface area contributed by atoms with E-state index in [1.165, 1.54) is 6.92 Å². The lowest BCUT2D eigenvalue weighted by molar-refractivity contribution is -0.544. The van der Waals surface area contributed by atoms with Gasteiger partial charge in [-0.05, 0) is 0 Å². The molecular weight excluding hydrogens is 181 g/mol. The van der Waals surface area contributed by atoms with Gasteiger partial charge in [0.15, 0.2) is 6.29 Å². The van der Waals surface area contributed by atoms with Crippen LogP contribution in [0.5, 0.6) is 0 Å². The fraction of sp³-hybridized carbons (Fsp3) is 1.00. The summed E-state index contributed by atoms with van der Waals surface area (Å²) in [5, 5.41) is 18.5. The lowest BCUT2D eigenvalue weighted by Crippen LogP contribution is -2.36. The molecule has 0 aromatic heterocycles. The van der Waals surface area contributed by atoms with Gasteiger partial charge in [0, 0.05) is 18.3 Å². The Labute approximate surface area is 72.4 Å². The molecule has 1 saturated heterocycles. The number of hydrogen-bond acceptors (Lipinski definition) is 4. The minimum absolute atomic E-state index is 0.229. The first-order chi connectivity index (χ1) is 5.44. The summed E-state index contributed by atoms with van der Waals surface area (Å²) in [7, 11) is 2.20. The standard InChI is InChI=1S/C6H12NO4P/c1-6(12,7(9)10)4-2-5(8)11-3-4/h4-5,8H,2-3,12H2,1H3. The lowest BCUT2D eigenvalue weighted by atomic mass is 10.00. The monoisotopic (exact) mass is 193 g/mol. The number of aliphatic hydroxyl groups excluding tert-OH is 1. The molecule has 1 N–H and O–H groups in total. The van der Waals surface area contributed by atoms with E-state index in [4.69, 9.17) is 9.84 Å². The van der Waals surface area contributed by atoms with Gasteiger partial charge in [0.25, 0.3) is 0 Å². The van der Waals surface area contributed by atoms with Gasteiger partial charge in [0.2, 0.25) is 5.28 Å². The van der Waals surface area contributed by atoms with Crippen LogP contribution in [0, 0.1) is 16.0 Å². The summed E-state index contributed by atoms with van der Waals surface area (Å²) in [6, 6.07) is 0. The molecule has 5 nitrogen and oxygen atoms in total. The van der Waals surface area contributed by atoms with Crippen molar-refractivity contribution in [2.75, 3.05) is 6.61 Å². The average Bonchev–Trinajstić information content (AvgIpc) is 2.35. The number of nitrogens with zero attached hydrogens (tertiary/aromatic N) is 1. The van der Waals surface area contributed by atoms with Crippen LogP contribution < -0.4 is 0 Å². The largest absolute Gasteiger partial charge is 0.368 e. The Bertz CT molecular complexity index is 196. The van der Waals surface area contributed by atoms with Gasteiger partial charge < -0.3 is 9.84 Å². The van der Waals surface area contributed by atoms with E-state index in [0.717, 1.165) is 0 Å². The maximum Gasteiger partial charge on any atom is 0.234 e. The molecule has 70 valence electrons. The van der Waals surface area contributed by atoms with Crippen LogP contribution in [0.4, 0.5) is 0 Å². The van der Waals surface area contributed by atoms with Crippen molar-refractivity contribution in [3.8, 4) is 0 Å². The molecule has 6 heteroatoms. The van der Waals surface area contributed by atoms with Crippen molar-refractivity contribution < 1.29 is 14.8 Å². The maximum absolute atomic E-state index is 10.6. The van der Waals surface area contributed by atoms with E-state index in [0.29, 0.717) is 6.42 Å². The topological polar surface area (TPSA) is 72.6 Å². The summed E-state index contributed by atoms with van der Waals surface area (Å²) >= 11 is 0. The van der Waals surface area contributed by atoms with Crippen LogP contribution in [0.3, 0.4) is 0 Å². The molecule has 1 fully saturated rings. The molecule has 0 aromatic rings. The van der Waals surface area contributed by atoms with Crippen molar-refractivity contribution in [3.63, 3.8) is 0 Å². The quantitative estimate of drug-likeness (QED) is 0.386. The van der Waals surface area contributed by atoms with Gasteiger partial charge in [0.05, 0.1) is 12.5 Å². The summed E-state index contributed by atoms with van der Waals surface area (Å²) in [5.41, 5.74) is 0. The smallest absolute Gasteiger partial charge is 0.234 e. The van der Waals surface area contributed by atoms with Crippen LogP contribution in [0.1, 0.15) is 13.3 Å². The molecule has 1 rings (SSSR count). The lowest BCUT2D eigenvalue weighted by Gasteiger charge is -2.20. The summed E-state index contributed by atoms with van der Waals surface area (Å²) in [4.78, 5) is 10.2. The van der Waals surface area contributed by atoms with Crippen molar-refractivity contribution in [1.82, 2.24) is 0 Å². The van der Waals surface area contributed by atoms with Crippen molar-refractivity contribution in [3.05, 3.63) is 10.1 Å². The summed E-state index contributed by atoms with van der Waals surface area (Å²) in [6.07, 6.45) is -0.504. The molecule has 0 amide bonds. The van der Waals surface area contributed by atoms with Crippen molar-refractivity contribution in [2.45, 2.75) is 24.9 Å². The van der Waals surface area contributed by atoms with Crippen LogP contribution in [-0.2, 0) is 4.74 Å². The van der Waals surface area contributed by atoms with Crippen LogP contribution in [0.25, 0.3) is 0 Å². The molecule has 1 aliphatic rings. The first kappa shape index (κ1) is 9.84. The molecule has 0 spiro atoms. The van der Waals surface area contributed by atoms with Gasteiger partial charge in [-0.3, -0.25) is 10.1 Å². The highest BCUT2D eigenvalue weighted by atomic mass is 31.0. The minimum Gasteiger partial charge on any atom is -0.368 e. The van der Waals surface area contributed by atoms with E-state index < -0.39 is 11.6 Å². The van der Waals surface area contributed by atoms with Gasteiger partial charge in [0.1, 0.15) is 0 Å². The van der Waals surface area contributed by atoms with Gasteiger partial charge >= 0.3 is 0 Å². The maximum atomic E-state index is 10.6. The van der Waals surface area contributed by atoms with Crippen LogP contribution in [0.15, 0.2) is 0 Å². The van der Waals surface area contributed by atoms with Gasteiger partial charge in [-0.15, -0.1) is 0 Å². The number of ether oxygens (including phenoxy) is 1. The highest BCUT2D eigenvalue weighted by molar-refractivity contribution is 7.18. The van der Waals surface area contributed by atoms with E-state index in [9.17, 15) is 10.1 Å². The third kappa shape index (κ3) is 1.73. The molecule has 1 aliphatic heterocycles. The molecule has 4 unspecified atom stereocenters. The van der Waals surface area contributed by atoms with Gasteiger partial charge in [-0.2, -0.15) is 0 Å². The number of nitro groups is 1. The Morgan fingerprint density at radius 1 is 1.83 bits per heavy atom. The molecule has 12 heavy (non-hydrogen) atoms. The zero-order valence-corrected chi connectivity index (χ0v) is 7.92. The molecule has 4 atom stereocenters. The molecule has 0 aliphatic carbocycles. The first-order valence-electron chi connectivity index (χ1n) is 3.67. The van der Waals surface area contributed by atoms with Crippen LogP contribution in [0.2, 0.25) is 0 Å². The van der Waals surface area contributed by atoms with E-state index in [1.807, 2.05) is 0 Å². The average molecular weight is 193 g/mol. The van der Waals surface area contributed by atoms with E-state index in [1.54, 1.807) is 0 Å². The van der Waals surface area contributed by atoms with E-state index in [-0.39, 0.29) is 17.4 Å². The van der Waals surface area contributed by atoms with E-state index >= 15 is 0 Å². The first-order valence-corrected chi connectivity index (χ1v) is 4.25. The number of rotatable bonds is 2. The van der Waals surface area contributed by atoms with Crippen molar-refractivity contribution in [2.24, 2.45) is 5.92 Å². The number of hydrogen-bond donors (Lipinski definition) is 1. The normalized spacial score (nSPS) is 34.6. The zero-order chi connectivity index (χ0) is 9.35. The third-order valence-corrected chi connectivity index (χ3v) is 2.88. The summed E-state index contributed by atoms with van der Waals surface area (Å²) in [6.45, 7) is 1.77. The van der Waals surface area contributed by atoms with Gasteiger partial charge in [-0.25, -0.2) is 0 Å². The molecule has 0 saturated carbocycles. The Morgan fingerprint density at radius 2 is 2.42 bits per heavy atom. The molecule has 0 bridgehead atoms. The second-order valence-electron chi connectivity index (χ2n) is 3.20. The zero-order valence-electron chi connectivity index (χ0n) is 6.77. The van der Waals surface area contributed by atoms with Crippen molar-refractivity contribution in [1.29, 1.82) is 0 Å². The summed E-state index contributed by atoms with van der Waals surface area (Å²) in [5.74, 6) is -0.229. The van der Waals surface area contributed by atoms with Crippen molar-refractivity contribution >= 4 is 9.24 Å². The Balaban J connectivity index is 2.63. The molecule has 0 radical (unpaired) electrons. The summed E-state index contributed by atoms with van der Waals surface area (Å²) < 4.78 is 4.84. The highest BCUT2D eigenvalue weighted by Crippen LogP contribution is 2.35. The van der Waals surface area contributed by atoms with Crippen LogP contribution >= 0.6 is 9.24 Å². The fourth-order valence-electron chi connectivity index (χ4n) is 1.16. The second-order valence-corrected chi connectivity index (χ2v) is 4.37. The number of aliphatic hydroxyl groups is 1. The Kier molecular flexibility index (Phi) is 2.66. The highest BCUT2D eigenvalue weighted by Gasteiger charge is 2.45. The Hall–Kier alpha value is -0.250. The molecular formula is C6H12NO4P. The Morgan fingerprint density at radius 3 is 2.75 bits per heavy atom. The fourth-order valence-corrected chi connectivity index (χ4v) is 1.40. The predicted octanol–water partition coefficient (Wildman–Crippen LogP) is 0.209.